The second kappa shape index (κ2) is 14.0. The Kier molecular flexibility index (Phi) is 8.48. The maximum absolute atomic E-state index is 2.69. The first-order valence-electron chi connectivity index (χ1n) is 23.1. The standard InChI is InChI=1S/C63H53N/c1-61(2)53-27-17-16-25-48(53)49-34-33-45(36-55(49)61)64(44-31-29-41(30-32-44)40-19-10-7-11-20-40)46-35-50(43-23-14-9-15-24-43)60-52-39-56-51(38-57(52)63(5,6)58(60)37-46)59-47(42-21-12-8-13-22-42)26-18-28-54(59)62(56,3)4/h7-39,51,56H,1-6H3. The molecule has 0 N–H and O–H groups in total. The molecule has 0 radical (unpaired) electrons. The van der Waals surface area contributed by atoms with E-state index in [1.807, 2.05) is 0 Å². The topological polar surface area (TPSA) is 3.24 Å². The van der Waals surface area contributed by atoms with Crippen molar-refractivity contribution in [1.82, 2.24) is 0 Å². The molecule has 0 fully saturated rings. The van der Waals surface area contributed by atoms with E-state index in [0.717, 1.165) is 5.69 Å². The largest absolute Gasteiger partial charge is 0.310 e. The zero-order valence-electron chi connectivity index (χ0n) is 37.7. The Hall–Kier alpha value is -6.96. The Morgan fingerprint density at radius 3 is 1.62 bits per heavy atom. The van der Waals surface area contributed by atoms with E-state index in [1.54, 1.807) is 0 Å². The molecule has 0 bridgehead atoms. The molecular formula is C63H53N. The van der Waals surface area contributed by atoms with Crippen molar-refractivity contribution < 1.29 is 0 Å². The number of rotatable bonds is 6. The van der Waals surface area contributed by atoms with Crippen molar-refractivity contribution in [3.63, 3.8) is 0 Å². The van der Waals surface area contributed by atoms with E-state index in [9.17, 15) is 0 Å². The fourth-order valence-electron chi connectivity index (χ4n) is 12.2. The molecule has 4 aliphatic carbocycles. The van der Waals surface area contributed by atoms with Gasteiger partial charge in [0.05, 0.1) is 0 Å². The van der Waals surface area contributed by atoms with Crippen LogP contribution in [0, 0.1) is 5.92 Å². The maximum atomic E-state index is 2.69. The second-order valence-corrected chi connectivity index (χ2v) is 20.1. The van der Waals surface area contributed by atoms with E-state index < -0.39 is 0 Å². The van der Waals surface area contributed by atoms with Gasteiger partial charge >= 0.3 is 0 Å². The average molecular weight is 824 g/mol. The molecule has 0 amide bonds. The van der Waals surface area contributed by atoms with Gasteiger partial charge in [0.25, 0.3) is 0 Å². The van der Waals surface area contributed by atoms with Crippen LogP contribution in [-0.4, -0.2) is 0 Å². The summed E-state index contributed by atoms with van der Waals surface area (Å²) >= 11 is 0. The van der Waals surface area contributed by atoms with Crippen molar-refractivity contribution in [1.29, 1.82) is 0 Å². The lowest BCUT2D eigenvalue weighted by molar-refractivity contribution is 0.393. The fourth-order valence-corrected chi connectivity index (χ4v) is 12.2. The first kappa shape index (κ1) is 38.7. The zero-order valence-corrected chi connectivity index (χ0v) is 37.7. The van der Waals surface area contributed by atoms with Crippen LogP contribution in [-0.2, 0) is 16.2 Å². The molecule has 4 aliphatic rings. The van der Waals surface area contributed by atoms with Crippen LogP contribution in [0.3, 0.4) is 0 Å². The lowest BCUT2D eigenvalue weighted by atomic mass is 9.70. The molecule has 8 aromatic rings. The molecule has 0 saturated heterocycles. The summed E-state index contributed by atoms with van der Waals surface area (Å²) in [5, 5.41) is 0. The van der Waals surface area contributed by atoms with Crippen molar-refractivity contribution in [3.05, 3.63) is 239 Å². The first-order valence-corrected chi connectivity index (χ1v) is 23.1. The normalized spacial score (nSPS) is 18.7. The summed E-state index contributed by atoms with van der Waals surface area (Å²) < 4.78 is 0. The summed E-state index contributed by atoms with van der Waals surface area (Å²) in [5.74, 6) is 0.613. The van der Waals surface area contributed by atoms with Gasteiger partial charge < -0.3 is 4.90 Å². The molecule has 1 heteroatoms. The van der Waals surface area contributed by atoms with Gasteiger partial charge in [-0.05, 0) is 137 Å². The molecule has 0 aliphatic heterocycles. The summed E-state index contributed by atoms with van der Waals surface area (Å²) in [5.41, 5.74) is 24.7. The monoisotopic (exact) mass is 823 g/mol. The minimum atomic E-state index is -0.245. The molecule has 2 atom stereocenters. The van der Waals surface area contributed by atoms with Gasteiger partial charge in [-0.1, -0.05) is 205 Å². The molecule has 8 aromatic carbocycles. The van der Waals surface area contributed by atoms with Crippen LogP contribution in [0.4, 0.5) is 17.1 Å². The summed E-state index contributed by atoms with van der Waals surface area (Å²) in [7, 11) is 0. The predicted molar refractivity (Wildman–Crippen MR) is 270 cm³/mol. The molecule has 0 heterocycles. The van der Waals surface area contributed by atoms with Gasteiger partial charge in [0.15, 0.2) is 0 Å². The van der Waals surface area contributed by atoms with E-state index in [1.165, 1.54) is 100 Å². The first-order chi connectivity index (χ1) is 31.0. The van der Waals surface area contributed by atoms with Crippen LogP contribution < -0.4 is 4.90 Å². The van der Waals surface area contributed by atoms with Crippen molar-refractivity contribution in [3.8, 4) is 44.5 Å². The van der Waals surface area contributed by atoms with Crippen LogP contribution >= 0.6 is 0 Å². The average Bonchev–Trinajstić information content (AvgIpc) is 3.81. The molecular weight excluding hydrogens is 771 g/mol. The van der Waals surface area contributed by atoms with E-state index in [-0.39, 0.29) is 22.2 Å². The highest BCUT2D eigenvalue weighted by atomic mass is 15.1. The van der Waals surface area contributed by atoms with E-state index >= 15 is 0 Å². The molecule has 2 unspecified atom stereocenters. The molecule has 0 aromatic heterocycles. The van der Waals surface area contributed by atoms with Gasteiger partial charge in [-0.15, -0.1) is 0 Å². The quantitative estimate of drug-likeness (QED) is 0.161. The number of fused-ring (bicyclic) bond motifs is 9. The Bertz CT molecular complexity index is 3220. The van der Waals surface area contributed by atoms with Crippen molar-refractivity contribution in [2.24, 2.45) is 5.92 Å². The van der Waals surface area contributed by atoms with Crippen LogP contribution in [0.2, 0.25) is 0 Å². The van der Waals surface area contributed by atoms with Crippen LogP contribution in [0.1, 0.15) is 80.8 Å². The van der Waals surface area contributed by atoms with Gasteiger partial charge in [-0.3, -0.25) is 0 Å². The lowest BCUT2D eigenvalue weighted by Gasteiger charge is -2.34. The third-order valence-corrected chi connectivity index (χ3v) is 15.6. The Morgan fingerprint density at radius 1 is 0.375 bits per heavy atom. The minimum absolute atomic E-state index is 0.0384. The molecule has 64 heavy (non-hydrogen) atoms. The number of nitrogens with zero attached hydrogens (tertiary/aromatic N) is 1. The van der Waals surface area contributed by atoms with Gasteiger partial charge in [0.1, 0.15) is 0 Å². The number of benzene rings is 8. The Balaban J connectivity index is 1.07. The number of allylic oxidation sites excluding steroid dienone is 4. The number of anilines is 3. The molecule has 310 valence electrons. The maximum Gasteiger partial charge on any atom is 0.0471 e. The number of hydrogen-bond acceptors (Lipinski definition) is 1. The van der Waals surface area contributed by atoms with E-state index in [2.05, 4.69) is 247 Å². The highest BCUT2D eigenvalue weighted by Gasteiger charge is 2.51. The summed E-state index contributed by atoms with van der Waals surface area (Å²) in [6.07, 6.45) is 5.38. The molecule has 12 rings (SSSR count). The summed E-state index contributed by atoms with van der Waals surface area (Å²) in [6.45, 7) is 14.6. The highest BCUT2D eigenvalue weighted by Crippen LogP contribution is 2.63. The van der Waals surface area contributed by atoms with Crippen LogP contribution in [0.5, 0.6) is 0 Å². The second-order valence-electron chi connectivity index (χ2n) is 20.1. The molecule has 1 nitrogen and oxygen atoms in total. The van der Waals surface area contributed by atoms with Gasteiger partial charge in [-0.2, -0.15) is 0 Å². The highest BCUT2D eigenvalue weighted by molar-refractivity contribution is 6.00. The third kappa shape index (κ3) is 5.63. The SMILES string of the molecule is CC1(C)C2=CC3c4c(-c5ccccc5)cccc4C(C)(C)C3C=C2c2c(-c3ccccc3)cc(N(c3ccc(-c4ccccc4)cc3)c3ccc4c(c3)C(C)(C)c3ccccc3-4)cc21. The zero-order chi connectivity index (χ0) is 43.5. The van der Waals surface area contributed by atoms with Crippen molar-refractivity contribution in [2.75, 3.05) is 4.90 Å². The smallest absolute Gasteiger partial charge is 0.0471 e. The minimum Gasteiger partial charge on any atom is -0.310 e. The Labute approximate surface area is 379 Å². The molecule has 0 saturated carbocycles. The predicted octanol–water partition coefficient (Wildman–Crippen LogP) is 16.8. The van der Waals surface area contributed by atoms with Crippen molar-refractivity contribution >= 4 is 22.6 Å². The van der Waals surface area contributed by atoms with Crippen molar-refractivity contribution in [2.45, 2.75) is 63.7 Å². The van der Waals surface area contributed by atoms with E-state index in [4.69, 9.17) is 0 Å². The Morgan fingerprint density at radius 2 is 0.922 bits per heavy atom. The van der Waals surface area contributed by atoms with E-state index in [0.29, 0.717) is 5.92 Å². The third-order valence-electron chi connectivity index (χ3n) is 15.6. The van der Waals surface area contributed by atoms with Gasteiger partial charge in [-0.25, -0.2) is 0 Å². The lowest BCUT2D eigenvalue weighted by Crippen LogP contribution is -2.27. The van der Waals surface area contributed by atoms with Gasteiger partial charge in [0, 0.05) is 33.8 Å². The summed E-state index contributed by atoms with van der Waals surface area (Å²) in [4.78, 5) is 2.52. The van der Waals surface area contributed by atoms with Crippen LogP contribution in [0.15, 0.2) is 206 Å². The fraction of sp³-hybridized carbons (Fsp3) is 0.175. The van der Waals surface area contributed by atoms with Gasteiger partial charge in [0.2, 0.25) is 0 Å². The molecule has 0 spiro atoms. The van der Waals surface area contributed by atoms with Crippen LogP contribution in [0.25, 0.3) is 50.1 Å². The number of hydrogen-bond donors (Lipinski definition) is 0. The summed E-state index contributed by atoms with van der Waals surface area (Å²) in [6, 6.07) is 70.2.